The highest BCUT2D eigenvalue weighted by atomic mass is 16.5. The quantitative estimate of drug-likeness (QED) is 0.783. The Morgan fingerprint density at radius 3 is 2.32 bits per heavy atom. The lowest BCUT2D eigenvalue weighted by Gasteiger charge is -2.08. The van der Waals surface area contributed by atoms with Gasteiger partial charge in [0.1, 0.15) is 11.6 Å². The molecule has 8 nitrogen and oxygen atoms in total. The monoisotopic (exact) mass is 340 g/mol. The van der Waals surface area contributed by atoms with Crippen LogP contribution in [0.4, 0.5) is 5.69 Å². The normalized spacial score (nSPS) is 10.9. The van der Waals surface area contributed by atoms with Gasteiger partial charge in [-0.3, -0.25) is 9.36 Å². The van der Waals surface area contributed by atoms with E-state index in [-0.39, 0.29) is 12.3 Å². The Hall–Kier alpha value is -3.03. The van der Waals surface area contributed by atoms with Crippen LogP contribution in [-0.2, 0) is 11.2 Å². The minimum atomic E-state index is -0.170. The zero-order valence-electron chi connectivity index (χ0n) is 14.9. The van der Waals surface area contributed by atoms with Crippen molar-refractivity contribution in [2.75, 3.05) is 5.32 Å². The van der Waals surface area contributed by atoms with Gasteiger partial charge in [-0.25, -0.2) is 15.0 Å². The summed E-state index contributed by atoms with van der Waals surface area (Å²) in [5, 5.41) is 6.64. The minimum absolute atomic E-state index is 0.170. The number of hydrogen-bond donors (Lipinski definition) is 1. The molecule has 3 aromatic rings. The molecule has 1 amide bonds. The highest BCUT2D eigenvalue weighted by Crippen LogP contribution is 2.16. The number of nitrogens with one attached hydrogen (secondary N) is 1. The Morgan fingerprint density at radius 1 is 1.12 bits per heavy atom. The maximum absolute atomic E-state index is 12.2. The van der Waals surface area contributed by atoms with Crippen molar-refractivity contribution in [3.63, 3.8) is 0 Å². The Morgan fingerprint density at radius 2 is 1.80 bits per heavy atom. The fourth-order valence-electron chi connectivity index (χ4n) is 2.69. The lowest BCUT2D eigenvalue weighted by atomic mass is 10.1. The van der Waals surface area contributed by atoms with Crippen LogP contribution in [0.25, 0.3) is 5.95 Å². The number of hydrogen-bond acceptors (Lipinski definition) is 6. The molecule has 0 aliphatic carbocycles. The molecule has 0 atom stereocenters. The van der Waals surface area contributed by atoms with Gasteiger partial charge in [-0.05, 0) is 34.6 Å². The minimum Gasteiger partial charge on any atom is -0.361 e. The Balaban J connectivity index is 1.73. The van der Waals surface area contributed by atoms with E-state index in [0.29, 0.717) is 17.4 Å². The zero-order chi connectivity index (χ0) is 18.1. The smallest absolute Gasteiger partial charge is 0.235 e. The van der Waals surface area contributed by atoms with Crippen LogP contribution in [0, 0.1) is 34.6 Å². The third kappa shape index (κ3) is 3.28. The molecule has 0 radical (unpaired) electrons. The molecule has 0 spiro atoms. The second kappa shape index (κ2) is 6.46. The molecule has 0 saturated heterocycles. The molecule has 0 aliphatic heterocycles. The summed E-state index contributed by atoms with van der Waals surface area (Å²) in [6.07, 6.45) is 3.37. The standard InChI is InChI=1S/C17H20N6O2/c1-9-11(3)23(13(5)20-9)17-18-7-14(8-19-17)21-16(24)6-15-10(2)22-25-12(15)4/h7-8H,6H2,1-5H3,(H,21,24). The number of amides is 1. The predicted octanol–water partition coefficient (Wildman–Crippen LogP) is 2.37. The van der Waals surface area contributed by atoms with E-state index in [9.17, 15) is 4.79 Å². The fourth-order valence-corrected chi connectivity index (χ4v) is 2.69. The van der Waals surface area contributed by atoms with Crippen molar-refractivity contribution in [1.82, 2.24) is 24.7 Å². The van der Waals surface area contributed by atoms with E-state index in [1.807, 2.05) is 32.3 Å². The number of aryl methyl sites for hydroxylation is 4. The van der Waals surface area contributed by atoms with Crippen LogP contribution in [0.5, 0.6) is 0 Å². The molecule has 0 aliphatic rings. The maximum atomic E-state index is 12.2. The van der Waals surface area contributed by atoms with Crippen LogP contribution in [0.3, 0.4) is 0 Å². The van der Waals surface area contributed by atoms with Crippen molar-refractivity contribution >= 4 is 11.6 Å². The van der Waals surface area contributed by atoms with Gasteiger partial charge in [-0.15, -0.1) is 0 Å². The molecule has 3 aromatic heterocycles. The largest absolute Gasteiger partial charge is 0.361 e. The molecule has 130 valence electrons. The van der Waals surface area contributed by atoms with Crippen molar-refractivity contribution in [1.29, 1.82) is 0 Å². The van der Waals surface area contributed by atoms with Crippen LogP contribution in [0.2, 0.25) is 0 Å². The summed E-state index contributed by atoms with van der Waals surface area (Å²) >= 11 is 0. The van der Waals surface area contributed by atoms with Gasteiger partial charge in [0, 0.05) is 11.3 Å². The van der Waals surface area contributed by atoms with E-state index in [1.54, 1.807) is 19.3 Å². The zero-order valence-corrected chi connectivity index (χ0v) is 14.9. The molecular weight excluding hydrogens is 320 g/mol. The van der Waals surface area contributed by atoms with Gasteiger partial charge in [0.15, 0.2) is 0 Å². The van der Waals surface area contributed by atoms with Gasteiger partial charge < -0.3 is 9.84 Å². The maximum Gasteiger partial charge on any atom is 0.235 e. The van der Waals surface area contributed by atoms with Gasteiger partial charge in [-0.1, -0.05) is 5.16 Å². The molecule has 3 heterocycles. The Bertz CT molecular complexity index is 904. The summed E-state index contributed by atoms with van der Waals surface area (Å²) in [5.41, 5.74) is 3.99. The second-order valence-electron chi connectivity index (χ2n) is 5.96. The van der Waals surface area contributed by atoms with Crippen molar-refractivity contribution < 1.29 is 9.32 Å². The molecule has 8 heteroatoms. The molecule has 3 rings (SSSR count). The lowest BCUT2D eigenvalue weighted by molar-refractivity contribution is -0.115. The number of rotatable bonds is 4. The summed E-state index contributed by atoms with van der Waals surface area (Å²) in [7, 11) is 0. The van der Waals surface area contributed by atoms with Crippen molar-refractivity contribution in [3.8, 4) is 5.95 Å². The molecule has 1 N–H and O–H groups in total. The number of carbonyl (C=O) groups excluding carboxylic acids is 1. The van der Waals surface area contributed by atoms with Crippen LogP contribution in [-0.4, -0.2) is 30.6 Å². The number of carbonyl (C=O) groups is 1. The van der Waals surface area contributed by atoms with E-state index < -0.39 is 0 Å². The van der Waals surface area contributed by atoms with Gasteiger partial charge >= 0.3 is 0 Å². The first-order chi connectivity index (χ1) is 11.9. The fraction of sp³-hybridized carbons (Fsp3) is 0.353. The van der Waals surface area contributed by atoms with Crippen LogP contribution < -0.4 is 5.32 Å². The van der Waals surface area contributed by atoms with E-state index >= 15 is 0 Å². The van der Waals surface area contributed by atoms with Crippen LogP contribution >= 0.6 is 0 Å². The van der Waals surface area contributed by atoms with E-state index in [1.165, 1.54) is 0 Å². The van der Waals surface area contributed by atoms with E-state index in [4.69, 9.17) is 4.52 Å². The number of nitrogens with zero attached hydrogens (tertiary/aromatic N) is 5. The van der Waals surface area contributed by atoms with Crippen molar-refractivity contribution in [3.05, 3.63) is 46.6 Å². The third-order valence-electron chi connectivity index (χ3n) is 4.15. The molecule has 0 saturated carbocycles. The SMILES string of the molecule is Cc1noc(C)c1CC(=O)Nc1cnc(-n2c(C)nc(C)c2C)nc1. The highest BCUT2D eigenvalue weighted by molar-refractivity contribution is 5.92. The molecule has 0 fully saturated rings. The van der Waals surface area contributed by atoms with E-state index in [0.717, 1.165) is 28.5 Å². The lowest BCUT2D eigenvalue weighted by Crippen LogP contribution is -2.16. The average molecular weight is 340 g/mol. The first kappa shape index (κ1) is 16.8. The summed E-state index contributed by atoms with van der Waals surface area (Å²) in [6.45, 7) is 9.43. The van der Waals surface area contributed by atoms with Gasteiger partial charge in [0.25, 0.3) is 0 Å². The van der Waals surface area contributed by atoms with Crippen LogP contribution in [0.15, 0.2) is 16.9 Å². The summed E-state index contributed by atoms with van der Waals surface area (Å²) < 4.78 is 6.95. The number of imidazole rings is 1. The topological polar surface area (TPSA) is 98.7 Å². The predicted molar refractivity (Wildman–Crippen MR) is 91.7 cm³/mol. The summed E-state index contributed by atoms with van der Waals surface area (Å²) in [5.74, 6) is 1.83. The van der Waals surface area contributed by atoms with E-state index in [2.05, 4.69) is 25.4 Å². The molecule has 0 bridgehead atoms. The number of anilines is 1. The molecule has 25 heavy (non-hydrogen) atoms. The first-order valence-corrected chi connectivity index (χ1v) is 7.93. The highest BCUT2D eigenvalue weighted by Gasteiger charge is 2.15. The second-order valence-corrected chi connectivity index (χ2v) is 5.96. The Labute approximate surface area is 145 Å². The molecular formula is C17H20N6O2. The molecule has 0 aromatic carbocycles. The molecule has 0 unspecified atom stereocenters. The van der Waals surface area contributed by atoms with Gasteiger partial charge in [-0.2, -0.15) is 0 Å². The number of aromatic nitrogens is 5. The van der Waals surface area contributed by atoms with Crippen molar-refractivity contribution in [2.24, 2.45) is 0 Å². The Kier molecular flexibility index (Phi) is 4.35. The first-order valence-electron chi connectivity index (χ1n) is 7.93. The third-order valence-corrected chi connectivity index (χ3v) is 4.15. The van der Waals surface area contributed by atoms with Crippen molar-refractivity contribution in [2.45, 2.75) is 41.0 Å². The summed E-state index contributed by atoms with van der Waals surface area (Å²) in [4.78, 5) is 25.3. The summed E-state index contributed by atoms with van der Waals surface area (Å²) in [6, 6.07) is 0. The average Bonchev–Trinajstić information content (AvgIpc) is 3.01. The van der Waals surface area contributed by atoms with Gasteiger partial charge in [0.2, 0.25) is 11.9 Å². The van der Waals surface area contributed by atoms with Crippen LogP contribution in [0.1, 0.15) is 34.2 Å². The van der Waals surface area contributed by atoms with Gasteiger partial charge in [0.05, 0.1) is 35.9 Å².